The van der Waals surface area contributed by atoms with Gasteiger partial charge in [-0.15, -0.1) is 0 Å². The van der Waals surface area contributed by atoms with Crippen molar-refractivity contribution in [1.82, 2.24) is 0 Å². The average molecular weight is 384 g/mol. The Kier molecular flexibility index (Phi) is 4.91. The van der Waals surface area contributed by atoms with Crippen molar-refractivity contribution in [3.05, 3.63) is 88.6 Å². The molecule has 3 aromatic carbocycles. The molecular formula is C19H15BrFN3. The number of hydrogen-bond acceptors (Lipinski definition) is 2. The second kappa shape index (κ2) is 7.27. The molecule has 120 valence electrons. The molecule has 24 heavy (non-hydrogen) atoms. The lowest BCUT2D eigenvalue weighted by Gasteiger charge is -2.15. The van der Waals surface area contributed by atoms with E-state index in [9.17, 15) is 4.39 Å². The van der Waals surface area contributed by atoms with Gasteiger partial charge >= 0.3 is 0 Å². The molecular weight excluding hydrogens is 369 g/mol. The van der Waals surface area contributed by atoms with Crippen LogP contribution in [0.15, 0.2) is 82.4 Å². The summed E-state index contributed by atoms with van der Waals surface area (Å²) in [5.41, 5.74) is 3.06. The molecule has 0 atom stereocenters. The van der Waals surface area contributed by atoms with Crippen LogP contribution in [0.5, 0.6) is 0 Å². The van der Waals surface area contributed by atoms with E-state index >= 15 is 0 Å². The van der Waals surface area contributed by atoms with E-state index in [-0.39, 0.29) is 5.82 Å². The Labute approximate surface area is 148 Å². The van der Waals surface area contributed by atoms with Gasteiger partial charge in [-0.3, -0.25) is 0 Å². The number of anilines is 1. The summed E-state index contributed by atoms with van der Waals surface area (Å²) in [6, 6.07) is 22.0. The molecule has 0 unspecified atom stereocenters. The predicted molar refractivity (Wildman–Crippen MR) is 100 cm³/mol. The van der Waals surface area contributed by atoms with Gasteiger partial charge in [0.25, 0.3) is 0 Å². The van der Waals surface area contributed by atoms with E-state index in [1.807, 2.05) is 48.5 Å². The largest absolute Gasteiger partial charge is 0.336 e. The van der Waals surface area contributed by atoms with Crippen LogP contribution in [0.1, 0.15) is 5.56 Å². The fraction of sp³-hybridized carbons (Fsp3) is 0. The number of para-hydroxylation sites is 1. The van der Waals surface area contributed by atoms with Gasteiger partial charge in [0.1, 0.15) is 5.82 Å². The van der Waals surface area contributed by atoms with Crippen LogP contribution < -0.4 is 11.2 Å². The quantitative estimate of drug-likeness (QED) is 0.289. The summed E-state index contributed by atoms with van der Waals surface area (Å²) in [6.07, 6.45) is 0. The van der Waals surface area contributed by atoms with Crippen LogP contribution in [0.25, 0.3) is 11.1 Å². The van der Waals surface area contributed by atoms with E-state index in [0.29, 0.717) is 11.5 Å². The molecule has 3 nitrogen and oxygen atoms in total. The zero-order chi connectivity index (χ0) is 16.9. The molecule has 0 fully saturated rings. The minimum atomic E-state index is -0.364. The maximum absolute atomic E-state index is 13.9. The van der Waals surface area contributed by atoms with E-state index in [2.05, 4.69) is 26.3 Å². The first-order valence-corrected chi connectivity index (χ1v) is 8.13. The summed E-state index contributed by atoms with van der Waals surface area (Å²) < 4.78 is 14.9. The van der Waals surface area contributed by atoms with E-state index < -0.39 is 0 Å². The van der Waals surface area contributed by atoms with Gasteiger partial charge < -0.3 is 11.2 Å². The van der Waals surface area contributed by atoms with Gasteiger partial charge in [-0.05, 0) is 29.3 Å². The SMILES string of the molecule is N/N=C(\Nc1ccccc1F)c1ccccc1-c1ccccc1Br. The molecule has 5 heteroatoms. The third kappa shape index (κ3) is 3.31. The first-order valence-electron chi connectivity index (χ1n) is 7.34. The Balaban J connectivity index is 2.06. The number of nitrogens with zero attached hydrogens (tertiary/aromatic N) is 1. The molecule has 0 saturated heterocycles. The second-order valence-electron chi connectivity index (χ2n) is 5.11. The highest BCUT2D eigenvalue weighted by Crippen LogP contribution is 2.31. The Bertz CT molecular complexity index is 893. The summed E-state index contributed by atoms with van der Waals surface area (Å²) in [4.78, 5) is 0. The predicted octanol–water partition coefficient (Wildman–Crippen LogP) is 4.99. The van der Waals surface area contributed by atoms with Gasteiger partial charge in [0.2, 0.25) is 0 Å². The maximum atomic E-state index is 13.9. The molecule has 0 saturated carbocycles. The van der Waals surface area contributed by atoms with E-state index in [1.54, 1.807) is 18.2 Å². The Hall–Kier alpha value is -2.66. The van der Waals surface area contributed by atoms with Gasteiger partial charge in [-0.25, -0.2) is 4.39 Å². The van der Waals surface area contributed by atoms with Gasteiger partial charge in [0, 0.05) is 10.0 Å². The summed E-state index contributed by atoms with van der Waals surface area (Å²) >= 11 is 3.57. The van der Waals surface area contributed by atoms with Crippen LogP contribution in [0.2, 0.25) is 0 Å². The van der Waals surface area contributed by atoms with Crippen LogP contribution in [0, 0.1) is 5.82 Å². The topological polar surface area (TPSA) is 50.4 Å². The Morgan fingerprint density at radius 1 is 0.875 bits per heavy atom. The maximum Gasteiger partial charge on any atom is 0.157 e. The van der Waals surface area contributed by atoms with E-state index in [1.165, 1.54) is 6.07 Å². The zero-order valence-corrected chi connectivity index (χ0v) is 14.3. The van der Waals surface area contributed by atoms with Crippen molar-refractivity contribution in [1.29, 1.82) is 0 Å². The van der Waals surface area contributed by atoms with Crippen molar-refractivity contribution in [2.45, 2.75) is 0 Å². The van der Waals surface area contributed by atoms with Gasteiger partial charge in [-0.2, -0.15) is 5.10 Å². The van der Waals surface area contributed by atoms with Crippen molar-refractivity contribution >= 4 is 27.5 Å². The lowest BCUT2D eigenvalue weighted by atomic mass is 9.99. The molecule has 0 aliphatic heterocycles. The number of amidine groups is 1. The van der Waals surface area contributed by atoms with Crippen LogP contribution >= 0.6 is 15.9 Å². The third-order valence-corrected chi connectivity index (χ3v) is 4.29. The molecule has 0 aromatic heterocycles. The third-order valence-electron chi connectivity index (χ3n) is 3.60. The van der Waals surface area contributed by atoms with E-state index in [0.717, 1.165) is 21.2 Å². The molecule has 0 amide bonds. The molecule has 0 aliphatic rings. The Morgan fingerprint density at radius 2 is 1.50 bits per heavy atom. The average Bonchev–Trinajstić information content (AvgIpc) is 2.62. The van der Waals surface area contributed by atoms with Crippen molar-refractivity contribution in [2.75, 3.05) is 5.32 Å². The molecule has 0 radical (unpaired) electrons. The van der Waals surface area contributed by atoms with Gasteiger partial charge in [0.15, 0.2) is 5.84 Å². The lowest BCUT2D eigenvalue weighted by molar-refractivity contribution is 0.632. The highest BCUT2D eigenvalue weighted by atomic mass is 79.9. The van der Waals surface area contributed by atoms with Crippen LogP contribution in [0.3, 0.4) is 0 Å². The van der Waals surface area contributed by atoms with Crippen LogP contribution in [0.4, 0.5) is 10.1 Å². The van der Waals surface area contributed by atoms with E-state index in [4.69, 9.17) is 5.84 Å². The van der Waals surface area contributed by atoms with Crippen molar-refractivity contribution in [3.63, 3.8) is 0 Å². The van der Waals surface area contributed by atoms with Crippen LogP contribution in [-0.2, 0) is 0 Å². The monoisotopic (exact) mass is 383 g/mol. The minimum Gasteiger partial charge on any atom is -0.336 e. The summed E-state index contributed by atoms with van der Waals surface area (Å²) in [6.45, 7) is 0. The molecule has 0 heterocycles. The fourth-order valence-corrected chi connectivity index (χ4v) is 2.96. The smallest absolute Gasteiger partial charge is 0.157 e. The Morgan fingerprint density at radius 3 is 2.21 bits per heavy atom. The normalized spacial score (nSPS) is 11.3. The minimum absolute atomic E-state index is 0.323. The zero-order valence-electron chi connectivity index (χ0n) is 12.7. The number of rotatable bonds is 3. The van der Waals surface area contributed by atoms with Gasteiger partial charge in [0.05, 0.1) is 5.69 Å². The van der Waals surface area contributed by atoms with Crippen molar-refractivity contribution in [3.8, 4) is 11.1 Å². The van der Waals surface area contributed by atoms with Crippen molar-refractivity contribution < 1.29 is 4.39 Å². The lowest BCUT2D eigenvalue weighted by Crippen LogP contribution is -2.17. The molecule has 0 aliphatic carbocycles. The van der Waals surface area contributed by atoms with Crippen LogP contribution in [-0.4, -0.2) is 5.84 Å². The van der Waals surface area contributed by atoms with Gasteiger partial charge in [-0.1, -0.05) is 70.5 Å². The summed E-state index contributed by atoms with van der Waals surface area (Å²) in [5, 5.41) is 6.81. The first-order chi connectivity index (χ1) is 11.7. The first kappa shape index (κ1) is 16.2. The van der Waals surface area contributed by atoms with Crippen molar-refractivity contribution in [2.24, 2.45) is 10.9 Å². The molecule has 3 N–H and O–H groups in total. The second-order valence-corrected chi connectivity index (χ2v) is 5.96. The number of hydrazone groups is 1. The number of hydrogen-bond donors (Lipinski definition) is 2. The molecule has 0 spiro atoms. The summed E-state index contributed by atoms with van der Waals surface area (Å²) in [5.74, 6) is 5.61. The number of nitrogens with one attached hydrogen (secondary N) is 1. The standard InChI is InChI=1S/C19H15BrFN3/c20-16-10-4-3-8-14(16)13-7-1-2-9-15(13)19(24-22)23-18-12-6-5-11-17(18)21/h1-12H,22H2,(H,23,24). The molecule has 0 bridgehead atoms. The molecule has 3 aromatic rings. The highest BCUT2D eigenvalue weighted by molar-refractivity contribution is 9.10. The highest BCUT2D eigenvalue weighted by Gasteiger charge is 2.14. The number of halogens is 2. The molecule has 3 rings (SSSR count). The fourth-order valence-electron chi connectivity index (χ4n) is 2.46. The summed E-state index contributed by atoms with van der Waals surface area (Å²) in [7, 11) is 0. The number of nitrogens with two attached hydrogens (primary N) is 1. The number of benzene rings is 3.